The summed E-state index contributed by atoms with van der Waals surface area (Å²) in [6.07, 6.45) is 4.57. The Kier molecular flexibility index (Phi) is 4.88. The molecule has 1 aromatic heterocycles. The number of carboxylic acids is 1. The molecule has 1 aliphatic rings. The number of rotatable bonds is 4. The second-order valence-electron chi connectivity index (χ2n) is 6.37. The molecule has 5 heteroatoms. The summed E-state index contributed by atoms with van der Waals surface area (Å²) in [6, 6.07) is 7.64. The molecule has 0 atom stereocenters. The highest BCUT2D eigenvalue weighted by Gasteiger charge is 2.25. The molecule has 3 rings (SSSR count). The predicted molar refractivity (Wildman–Crippen MR) is 93.3 cm³/mol. The quantitative estimate of drug-likeness (QED) is 0.936. The number of aromatic carboxylic acids is 1. The molecule has 1 aromatic carbocycles. The molecule has 1 N–H and O–H groups in total. The van der Waals surface area contributed by atoms with Gasteiger partial charge in [-0.25, -0.2) is 4.79 Å². The molecule has 1 aliphatic heterocycles. The van der Waals surface area contributed by atoms with E-state index >= 15 is 0 Å². The van der Waals surface area contributed by atoms with Crippen LogP contribution in [0.1, 0.15) is 48.7 Å². The highest BCUT2D eigenvalue weighted by atomic mass is 16.4. The minimum Gasteiger partial charge on any atom is -0.477 e. The number of carbonyl (C=O) groups is 2. The van der Waals surface area contributed by atoms with Crippen molar-refractivity contribution in [2.75, 3.05) is 13.1 Å². The monoisotopic (exact) mass is 328 g/mol. The lowest BCUT2D eigenvalue weighted by molar-refractivity contribution is -0.130. The van der Waals surface area contributed by atoms with Gasteiger partial charge in [0.05, 0.1) is 6.42 Å². The maximum Gasteiger partial charge on any atom is 0.352 e. The van der Waals surface area contributed by atoms with E-state index in [-0.39, 0.29) is 18.0 Å². The van der Waals surface area contributed by atoms with E-state index in [1.807, 2.05) is 36.1 Å². The first-order chi connectivity index (χ1) is 11.6. The summed E-state index contributed by atoms with van der Waals surface area (Å²) in [5.74, 6) is -0.926. The number of hydrogen-bond acceptors (Lipinski definition) is 2. The van der Waals surface area contributed by atoms with Crippen LogP contribution in [-0.2, 0) is 17.8 Å². The molecule has 5 nitrogen and oxygen atoms in total. The molecule has 2 aromatic rings. The molecule has 0 aliphatic carbocycles. The summed E-state index contributed by atoms with van der Waals surface area (Å²) >= 11 is 0. The maximum absolute atomic E-state index is 12.8. The molecule has 1 saturated heterocycles. The van der Waals surface area contributed by atoms with Gasteiger partial charge < -0.3 is 14.6 Å². The molecule has 0 spiro atoms. The van der Waals surface area contributed by atoms with Gasteiger partial charge in [-0.15, -0.1) is 0 Å². The van der Waals surface area contributed by atoms with Crippen LogP contribution in [0.3, 0.4) is 0 Å². The Bertz CT molecular complexity index is 755. The third-order valence-corrected chi connectivity index (χ3v) is 4.88. The van der Waals surface area contributed by atoms with Crippen LogP contribution in [-0.4, -0.2) is 39.5 Å². The molecule has 0 radical (unpaired) electrons. The molecule has 1 amide bonds. The summed E-state index contributed by atoms with van der Waals surface area (Å²) in [5.41, 5.74) is 1.78. The van der Waals surface area contributed by atoms with E-state index < -0.39 is 5.97 Å². The van der Waals surface area contributed by atoms with Crippen molar-refractivity contribution >= 4 is 22.8 Å². The van der Waals surface area contributed by atoms with Gasteiger partial charge in [-0.3, -0.25) is 4.79 Å². The van der Waals surface area contributed by atoms with Crippen molar-refractivity contribution in [3.63, 3.8) is 0 Å². The second kappa shape index (κ2) is 7.07. The third-order valence-electron chi connectivity index (χ3n) is 4.88. The van der Waals surface area contributed by atoms with Crippen molar-refractivity contribution in [2.24, 2.45) is 0 Å². The van der Waals surface area contributed by atoms with Crippen molar-refractivity contribution < 1.29 is 14.7 Å². The Morgan fingerprint density at radius 3 is 2.38 bits per heavy atom. The standard InChI is InChI=1S/C19H24N2O3/c1-2-21-16-10-6-5-9-14(16)15(18(21)19(23)24)13-17(22)20-11-7-3-4-8-12-20/h5-6,9-10H,2-4,7-8,11-13H2,1H3,(H,23,24). The van der Waals surface area contributed by atoms with Crippen LogP contribution in [0.25, 0.3) is 10.9 Å². The average Bonchev–Trinajstić information content (AvgIpc) is 2.74. The Labute approximate surface area is 141 Å². The van der Waals surface area contributed by atoms with Gasteiger partial charge in [0, 0.05) is 36.1 Å². The Morgan fingerprint density at radius 1 is 1.08 bits per heavy atom. The molecule has 0 saturated carbocycles. The van der Waals surface area contributed by atoms with E-state index in [4.69, 9.17) is 0 Å². The predicted octanol–water partition coefficient (Wildman–Crippen LogP) is 3.30. The topological polar surface area (TPSA) is 62.5 Å². The number of fused-ring (bicyclic) bond motifs is 1. The minimum atomic E-state index is -0.966. The summed E-state index contributed by atoms with van der Waals surface area (Å²) in [5, 5.41) is 10.6. The lowest BCUT2D eigenvalue weighted by Gasteiger charge is -2.20. The highest BCUT2D eigenvalue weighted by Crippen LogP contribution is 2.27. The molecular weight excluding hydrogens is 304 g/mol. The molecule has 0 bridgehead atoms. The van der Waals surface area contributed by atoms with Gasteiger partial charge in [0.25, 0.3) is 0 Å². The Balaban J connectivity index is 2.00. The van der Waals surface area contributed by atoms with Gasteiger partial charge in [-0.1, -0.05) is 31.0 Å². The molecule has 0 unspecified atom stereocenters. The van der Waals surface area contributed by atoms with Crippen LogP contribution in [0, 0.1) is 0 Å². The fourth-order valence-electron chi connectivity index (χ4n) is 3.71. The van der Waals surface area contributed by atoms with Gasteiger partial charge in [-0.2, -0.15) is 0 Å². The van der Waals surface area contributed by atoms with Crippen LogP contribution in [0.4, 0.5) is 0 Å². The molecule has 24 heavy (non-hydrogen) atoms. The van der Waals surface area contributed by atoms with Gasteiger partial charge in [0.1, 0.15) is 5.69 Å². The fraction of sp³-hybridized carbons (Fsp3) is 0.474. The Morgan fingerprint density at radius 2 is 1.75 bits per heavy atom. The van der Waals surface area contributed by atoms with E-state index in [0.29, 0.717) is 12.1 Å². The lowest BCUT2D eigenvalue weighted by Crippen LogP contribution is -2.33. The number of hydrogen-bond donors (Lipinski definition) is 1. The van der Waals surface area contributed by atoms with E-state index in [0.717, 1.165) is 36.8 Å². The highest BCUT2D eigenvalue weighted by molar-refractivity contribution is 6.00. The van der Waals surface area contributed by atoms with Crippen molar-refractivity contribution in [2.45, 2.75) is 45.6 Å². The largest absolute Gasteiger partial charge is 0.477 e. The normalized spacial score (nSPS) is 15.5. The average molecular weight is 328 g/mol. The number of benzene rings is 1. The number of carbonyl (C=O) groups excluding carboxylic acids is 1. The van der Waals surface area contributed by atoms with Crippen LogP contribution in [0.15, 0.2) is 24.3 Å². The number of likely N-dealkylation sites (tertiary alicyclic amines) is 1. The summed E-state index contributed by atoms with van der Waals surface area (Å²) in [6.45, 7) is 4.07. The van der Waals surface area contributed by atoms with Crippen molar-refractivity contribution in [1.82, 2.24) is 9.47 Å². The zero-order valence-electron chi connectivity index (χ0n) is 14.1. The van der Waals surface area contributed by atoms with Crippen molar-refractivity contribution in [1.29, 1.82) is 0 Å². The zero-order chi connectivity index (χ0) is 17.1. The van der Waals surface area contributed by atoms with Crippen molar-refractivity contribution in [3.05, 3.63) is 35.5 Å². The fourth-order valence-corrected chi connectivity index (χ4v) is 3.71. The first-order valence-corrected chi connectivity index (χ1v) is 8.74. The second-order valence-corrected chi connectivity index (χ2v) is 6.37. The molecular formula is C19H24N2O3. The smallest absolute Gasteiger partial charge is 0.352 e. The summed E-state index contributed by atoms with van der Waals surface area (Å²) in [7, 11) is 0. The number of carboxylic acid groups (broad SMARTS) is 1. The van der Waals surface area contributed by atoms with Crippen LogP contribution < -0.4 is 0 Å². The first kappa shape index (κ1) is 16.6. The SMILES string of the molecule is CCn1c(C(=O)O)c(CC(=O)N2CCCCCC2)c2ccccc21. The van der Waals surface area contributed by atoms with Crippen LogP contribution in [0.2, 0.25) is 0 Å². The molecule has 2 heterocycles. The number of nitrogens with zero attached hydrogens (tertiary/aromatic N) is 2. The third kappa shape index (κ3) is 3.03. The number of amides is 1. The van der Waals surface area contributed by atoms with Crippen molar-refractivity contribution in [3.8, 4) is 0 Å². The van der Waals surface area contributed by atoms with Gasteiger partial charge in [-0.05, 0) is 25.8 Å². The zero-order valence-corrected chi connectivity index (χ0v) is 14.1. The van der Waals surface area contributed by atoms with E-state index in [1.165, 1.54) is 12.8 Å². The molecule has 1 fully saturated rings. The van der Waals surface area contributed by atoms with Crippen LogP contribution in [0.5, 0.6) is 0 Å². The van der Waals surface area contributed by atoms with E-state index in [1.54, 1.807) is 4.57 Å². The summed E-state index contributed by atoms with van der Waals surface area (Å²) < 4.78 is 1.79. The van der Waals surface area contributed by atoms with Crippen LogP contribution >= 0.6 is 0 Å². The maximum atomic E-state index is 12.8. The van der Waals surface area contributed by atoms with Gasteiger partial charge in [0.15, 0.2) is 0 Å². The minimum absolute atomic E-state index is 0.0402. The van der Waals surface area contributed by atoms with Gasteiger partial charge in [0.2, 0.25) is 5.91 Å². The number of para-hydroxylation sites is 1. The molecule has 128 valence electrons. The number of aromatic nitrogens is 1. The number of aryl methyl sites for hydroxylation is 1. The van der Waals surface area contributed by atoms with E-state index in [2.05, 4.69) is 0 Å². The Hall–Kier alpha value is -2.30. The van der Waals surface area contributed by atoms with E-state index in [9.17, 15) is 14.7 Å². The lowest BCUT2D eigenvalue weighted by atomic mass is 10.1. The summed E-state index contributed by atoms with van der Waals surface area (Å²) in [4.78, 5) is 26.5. The van der Waals surface area contributed by atoms with Gasteiger partial charge >= 0.3 is 5.97 Å². The first-order valence-electron chi connectivity index (χ1n) is 8.74.